The highest BCUT2D eigenvalue weighted by Crippen LogP contribution is 2.63. The second-order valence-electron chi connectivity index (χ2n) is 4.79. The van der Waals surface area contributed by atoms with Crippen LogP contribution in [0.1, 0.15) is 59.8 Å². The molecule has 0 aromatic heterocycles. The number of hydrogen-bond acceptors (Lipinski definition) is 0. The predicted molar refractivity (Wildman–Crippen MR) is 55.2 cm³/mol. The van der Waals surface area contributed by atoms with Crippen LogP contribution in [-0.2, 0) is 0 Å². The Morgan fingerprint density at radius 3 is 2.33 bits per heavy atom. The summed E-state index contributed by atoms with van der Waals surface area (Å²) in [6.07, 6.45) is 7.10. The minimum absolute atomic E-state index is 0.726. The third kappa shape index (κ3) is 1.67. The molecule has 0 amide bonds. The predicted octanol–water partition coefficient (Wildman–Crippen LogP) is 4.25. The summed E-state index contributed by atoms with van der Waals surface area (Å²) < 4.78 is 0. The van der Waals surface area contributed by atoms with E-state index in [4.69, 9.17) is 0 Å². The lowest BCUT2D eigenvalue weighted by Gasteiger charge is -2.08. The first kappa shape index (κ1) is 10.1. The molecule has 1 aliphatic rings. The van der Waals surface area contributed by atoms with Gasteiger partial charge < -0.3 is 0 Å². The van der Waals surface area contributed by atoms with E-state index < -0.39 is 0 Å². The fourth-order valence-corrected chi connectivity index (χ4v) is 2.87. The van der Waals surface area contributed by atoms with Crippen LogP contribution in [-0.4, -0.2) is 0 Å². The van der Waals surface area contributed by atoms with Gasteiger partial charge in [-0.25, -0.2) is 0 Å². The molecule has 0 bridgehead atoms. The van der Waals surface area contributed by atoms with Gasteiger partial charge in [0.05, 0.1) is 0 Å². The van der Waals surface area contributed by atoms with Crippen LogP contribution in [0.3, 0.4) is 0 Å². The van der Waals surface area contributed by atoms with Crippen LogP contribution in [0.15, 0.2) is 0 Å². The van der Waals surface area contributed by atoms with Crippen molar-refractivity contribution in [1.29, 1.82) is 0 Å². The van der Waals surface area contributed by atoms with Crippen LogP contribution in [0, 0.1) is 17.3 Å². The zero-order valence-electron chi connectivity index (χ0n) is 9.19. The van der Waals surface area contributed by atoms with E-state index in [1.165, 1.54) is 32.1 Å². The van der Waals surface area contributed by atoms with E-state index in [-0.39, 0.29) is 0 Å². The largest absolute Gasteiger partial charge is 0.0654 e. The standard InChI is InChI=1S/C12H24/c1-5-7-8-11-10(3)12(11,4)9-6-2/h10-11H,5-9H2,1-4H3. The SMILES string of the molecule is CCCCC1C(C)C1(C)CCC. The van der Waals surface area contributed by atoms with Crippen LogP contribution >= 0.6 is 0 Å². The van der Waals surface area contributed by atoms with Crippen molar-refractivity contribution < 1.29 is 0 Å². The first-order valence-electron chi connectivity index (χ1n) is 5.66. The van der Waals surface area contributed by atoms with Gasteiger partial charge in [-0.3, -0.25) is 0 Å². The summed E-state index contributed by atoms with van der Waals surface area (Å²) in [5.74, 6) is 2.06. The Morgan fingerprint density at radius 2 is 1.83 bits per heavy atom. The molecule has 1 fully saturated rings. The second kappa shape index (κ2) is 3.81. The van der Waals surface area contributed by atoms with Crippen molar-refractivity contribution >= 4 is 0 Å². The molecular weight excluding hydrogens is 144 g/mol. The molecule has 0 heterocycles. The molecule has 72 valence electrons. The molecule has 0 spiro atoms. The van der Waals surface area contributed by atoms with E-state index in [0.717, 1.165) is 17.3 Å². The van der Waals surface area contributed by atoms with Gasteiger partial charge in [0.15, 0.2) is 0 Å². The molecule has 3 unspecified atom stereocenters. The summed E-state index contributed by atoms with van der Waals surface area (Å²) in [5, 5.41) is 0. The van der Waals surface area contributed by atoms with Crippen LogP contribution in [0.5, 0.6) is 0 Å². The van der Waals surface area contributed by atoms with E-state index in [1.54, 1.807) is 0 Å². The van der Waals surface area contributed by atoms with Crippen LogP contribution in [0.4, 0.5) is 0 Å². The molecule has 12 heavy (non-hydrogen) atoms. The van der Waals surface area contributed by atoms with Crippen molar-refractivity contribution in [2.75, 3.05) is 0 Å². The van der Waals surface area contributed by atoms with E-state index >= 15 is 0 Å². The monoisotopic (exact) mass is 168 g/mol. The van der Waals surface area contributed by atoms with E-state index in [2.05, 4.69) is 27.7 Å². The third-order valence-corrected chi connectivity index (χ3v) is 4.04. The van der Waals surface area contributed by atoms with E-state index in [1.807, 2.05) is 0 Å². The van der Waals surface area contributed by atoms with Crippen molar-refractivity contribution in [2.45, 2.75) is 59.8 Å². The quantitative estimate of drug-likeness (QED) is 0.575. The lowest BCUT2D eigenvalue weighted by Crippen LogP contribution is -1.98. The van der Waals surface area contributed by atoms with Crippen molar-refractivity contribution in [1.82, 2.24) is 0 Å². The van der Waals surface area contributed by atoms with Gasteiger partial charge >= 0.3 is 0 Å². The molecule has 1 rings (SSSR count). The minimum atomic E-state index is 0.726. The molecular formula is C12H24. The van der Waals surface area contributed by atoms with Gasteiger partial charge in [-0.2, -0.15) is 0 Å². The maximum absolute atomic E-state index is 2.49. The second-order valence-corrected chi connectivity index (χ2v) is 4.79. The van der Waals surface area contributed by atoms with Gasteiger partial charge in [-0.05, 0) is 30.1 Å². The maximum Gasteiger partial charge on any atom is -0.0266 e. The van der Waals surface area contributed by atoms with Gasteiger partial charge in [-0.1, -0.05) is 47.0 Å². The van der Waals surface area contributed by atoms with E-state index in [9.17, 15) is 0 Å². The molecule has 0 radical (unpaired) electrons. The molecule has 3 atom stereocenters. The summed E-state index contributed by atoms with van der Waals surface area (Å²) in [6, 6.07) is 0. The number of rotatable bonds is 5. The highest BCUT2D eigenvalue weighted by molar-refractivity contribution is 5.04. The minimum Gasteiger partial charge on any atom is -0.0654 e. The Labute approximate surface area is 77.7 Å². The van der Waals surface area contributed by atoms with Gasteiger partial charge in [0.1, 0.15) is 0 Å². The summed E-state index contributed by atoms with van der Waals surface area (Å²) in [7, 11) is 0. The Kier molecular flexibility index (Phi) is 3.20. The molecule has 0 saturated heterocycles. The van der Waals surface area contributed by atoms with E-state index in [0.29, 0.717) is 0 Å². The molecule has 0 aromatic carbocycles. The molecule has 0 aliphatic heterocycles. The lowest BCUT2D eigenvalue weighted by molar-refractivity contribution is 0.424. The van der Waals surface area contributed by atoms with Gasteiger partial charge in [0.2, 0.25) is 0 Å². The third-order valence-electron chi connectivity index (χ3n) is 4.04. The highest BCUT2D eigenvalue weighted by Gasteiger charge is 2.55. The molecule has 0 aromatic rings. The fraction of sp³-hybridized carbons (Fsp3) is 1.00. The van der Waals surface area contributed by atoms with Crippen LogP contribution < -0.4 is 0 Å². The smallest absolute Gasteiger partial charge is 0.0266 e. The summed E-state index contributed by atoms with van der Waals surface area (Å²) in [5.41, 5.74) is 0.726. The lowest BCUT2D eigenvalue weighted by atomic mass is 9.97. The normalized spacial score (nSPS) is 40.0. The summed E-state index contributed by atoms with van der Waals surface area (Å²) >= 11 is 0. The van der Waals surface area contributed by atoms with Crippen molar-refractivity contribution in [2.24, 2.45) is 17.3 Å². The first-order valence-corrected chi connectivity index (χ1v) is 5.66. The Morgan fingerprint density at radius 1 is 1.17 bits per heavy atom. The summed E-state index contributed by atoms with van der Waals surface area (Å²) in [6.45, 7) is 9.54. The van der Waals surface area contributed by atoms with Crippen molar-refractivity contribution in [3.05, 3.63) is 0 Å². The van der Waals surface area contributed by atoms with Crippen molar-refractivity contribution in [3.8, 4) is 0 Å². The highest BCUT2D eigenvalue weighted by atomic mass is 14.6. The fourth-order valence-electron chi connectivity index (χ4n) is 2.87. The Balaban J connectivity index is 2.30. The molecule has 1 saturated carbocycles. The van der Waals surface area contributed by atoms with Crippen molar-refractivity contribution in [3.63, 3.8) is 0 Å². The Bertz CT molecular complexity index is 139. The van der Waals surface area contributed by atoms with Gasteiger partial charge in [0.25, 0.3) is 0 Å². The Hall–Kier alpha value is 0. The average Bonchev–Trinajstić information content (AvgIpc) is 2.52. The first-order chi connectivity index (χ1) is 5.66. The molecule has 0 N–H and O–H groups in total. The molecule has 0 nitrogen and oxygen atoms in total. The number of hydrogen-bond donors (Lipinski definition) is 0. The van der Waals surface area contributed by atoms with Gasteiger partial charge in [-0.15, -0.1) is 0 Å². The zero-order chi connectivity index (χ0) is 9.19. The molecule has 1 aliphatic carbocycles. The molecule has 0 heteroatoms. The average molecular weight is 168 g/mol. The van der Waals surface area contributed by atoms with Crippen LogP contribution in [0.2, 0.25) is 0 Å². The van der Waals surface area contributed by atoms with Crippen LogP contribution in [0.25, 0.3) is 0 Å². The maximum atomic E-state index is 2.49. The van der Waals surface area contributed by atoms with Gasteiger partial charge in [0, 0.05) is 0 Å². The summed E-state index contributed by atoms with van der Waals surface area (Å²) in [4.78, 5) is 0. The zero-order valence-corrected chi connectivity index (χ0v) is 9.19. The number of unbranched alkanes of at least 4 members (excludes halogenated alkanes) is 1. The topological polar surface area (TPSA) is 0 Å².